The van der Waals surface area contributed by atoms with Crippen LogP contribution in [-0.4, -0.2) is 37.0 Å². The van der Waals surface area contributed by atoms with Crippen molar-refractivity contribution >= 4 is 29.3 Å². The van der Waals surface area contributed by atoms with E-state index in [4.69, 9.17) is 15.2 Å². The highest BCUT2D eigenvalue weighted by Gasteiger charge is 2.15. The van der Waals surface area contributed by atoms with Crippen molar-refractivity contribution in [2.24, 2.45) is 5.73 Å². The first kappa shape index (κ1) is 17.2. The molecule has 7 heteroatoms. The summed E-state index contributed by atoms with van der Waals surface area (Å²) in [6.07, 6.45) is 0.601. The van der Waals surface area contributed by atoms with Gasteiger partial charge in [0.2, 0.25) is 11.8 Å². The van der Waals surface area contributed by atoms with E-state index in [2.05, 4.69) is 5.32 Å². The van der Waals surface area contributed by atoms with Gasteiger partial charge in [0, 0.05) is 11.8 Å². The van der Waals surface area contributed by atoms with Gasteiger partial charge in [-0.05, 0) is 18.6 Å². The molecule has 0 fully saturated rings. The summed E-state index contributed by atoms with van der Waals surface area (Å²) in [5.74, 6) is 0.681. The minimum Gasteiger partial charge on any atom is -0.493 e. The highest BCUT2D eigenvalue weighted by Crippen LogP contribution is 2.29. The lowest BCUT2D eigenvalue weighted by atomic mass is 10.2. The third-order valence-electron chi connectivity index (χ3n) is 2.77. The average Bonchev–Trinajstić information content (AvgIpc) is 2.47. The molecule has 1 unspecified atom stereocenters. The Bertz CT molecular complexity index is 508. The second-order valence-electron chi connectivity index (χ2n) is 4.23. The molecule has 0 radical (unpaired) electrons. The van der Waals surface area contributed by atoms with E-state index >= 15 is 0 Å². The summed E-state index contributed by atoms with van der Waals surface area (Å²) in [6.45, 7) is 1.86. The molecule has 6 nitrogen and oxygen atoms in total. The fraction of sp³-hybridized carbons (Fsp3) is 0.429. The van der Waals surface area contributed by atoms with E-state index < -0.39 is 5.91 Å². The van der Waals surface area contributed by atoms with E-state index in [1.807, 2.05) is 6.92 Å². The molecule has 0 saturated heterocycles. The van der Waals surface area contributed by atoms with E-state index in [0.29, 0.717) is 23.6 Å². The van der Waals surface area contributed by atoms with Gasteiger partial charge in [-0.25, -0.2) is 0 Å². The maximum Gasteiger partial charge on any atom is 0.234 e. The number of hydrogen-bond donors (Lipinski definition) is 2. The molecule has 0 spiro atoms. The Morgan fingerprint density at radius 2 is 1.95 bits per heavy atom. The molecule has 0 heterocycles. The van der Waals surface area contributed by atoms with Crippen molar-refractivity contribution in [1.29, 1.82) is 0 Å². The van der Waals surface area contributed by atoms with Crippen LogP contribution in [0.5, 0.6) is 11.5 Å². The summed E-state index contributed by atoms with van der Waals surface area (Å²) >= 11 is 1.23. The lowest BCUT2D eigenvalue weighted by Crippen LogP contribution is -2.27. The third kappa shape index (κ3) is 5.18. The Balaban J connectivity index is 2.60. The van der Waals surface area contributed by atoms with Gasteiger partial charge in [0.25, 0.3) is 0 Å². The molecule has 0 aliphatic carbocycles. The van der Waals surface area contributed by atoms with Crippen LogP contribution in [0.25, 0.3) is 0 Å². The number of benzene rings is 1. The van der Waals surface area contributed by atoms with Crippen LogP contribution < -0.4 is 20.5 Å². The number of carbonyl (C=O) groups is 2. The average molecular weight is 312 g/mol. The number of anilines is 1. The molecule has 21 heavy (non-hydrogen) atoms. The van der Waals surface area contributed by atoms with Gasteiger partial charge in [-0.15, -0.1) is 11.8 Å². The number of primary amides is 1. The largest absolute Gasteiger partial charge is 0.493 e. The number of carbonyl (C=O) groups excluding carboxylic acids is 2. The van der Waals surface area contributed by atoms with Crippen molar-refractivity contribution in [3.63, 3.8) is 0 Å². The first-order valence-electron chi connectivity index (χ1n) is 6.44. The highest BCUT2D eigenvalue weighted by atomic mass is 32.2. The van der Waals surface area contributed by atoms with Gasteiger partial charge in [-0.2, -0.15) is 0 Å². The number of methoxy groups -OCH3 is 2. The highest BCUT2D eigenvalue weighted by molar-refractivity contribution is 8.01. The van der Waals surface area contributed by atoms with Gasteiger partial charge < -0.3 is 20.5 Å². The predicted octanol–water partition coefficient (Wildman–Crippen LogP) is 1.64. The fourth-order valence-corrected chi connectivity index (χ4v) is 2.51. The number of hydrogen-bond acceptors (Lipinski definition) is 5. The van der Waals surface area contributed by atoms with E-state index in [1.54, 1.807) is 25.3 Å². The van der Waals surface area contributed by atoms with Crippen molar-refractivity contribution < 1.29 is 19.1 Å². The molecule has 0 aromatic heterocycles. The SMILES string of the molecule is CCC(SCC(=O)Nc1ccc(OC)c(OC)c1)C(N)=O. The van der Waals surface area contributed by atoms with Crippen LogP contribution in [0.1, 0.15) is 13.3 Å². The second kappa shape index (κ2) is 8.41. The topological polar surface area (TPSA) is 90.7 Å². The van der Waals surface area contributed by atoms with Gasteiger partial charge in [0.05, 0.1) is 25.2 Å². The lowest BCUT2D eigenvalue weighted by Gasteiger charge is -2.12. The number of ether oxygens (including phenoxy) is 2. The van der Waals surface area contributed by atoms with Gasteiger partial charge in [-0.3, -0.25) is 9.59 Å². The summed E-state index contributed by atoms with van der Waals surface area (Å²) in [4.78, 5) is 22.9. The molecular weight excluding hydrogens is 292 g/mol. The Morgan fingerprint density at radius 1 is 1.29 bits per heavy atom. The Morgan fingerprint density at radius 3 is 2.48 bits per heavy atom. The first-order valence-corrected chi connectivity index (χ1v) is 7.49. The Labute approximate surface area is 128 Å². The van der Waals surface area contributed by atoms with Crippen LogP contribution >= 0.6 is 11.8 Å². The molecule has 3 N–H and O–H groups in total. The summed E-state index contributed by atoms with van der Waals surface area (Å²) in [6, 6.07) is 5.10. The summed E-state index contributed by atoms with van der Waals surface area (Å²) in [7, 11) is 3.07. The normalized spacial score (nSPS) is 11.6. The van der Waals surface area contributed by atoms with Crippen molar-refractivity contribution in [2.45, 2.75) is 18.6 Å². The number of rotatable bonds is 8. The van der Waals surface area contributed by atoms with Crippen molar-refractivity contribution in [3.8, 4) is 11.5 Å². The Kier molecular flexibility index (Phi) is 6.87. The fourth-order valence-electron chi connectivity index (χ4n) is 1.69. The number of nitrogens with two attached hydrogens (primary N) is 1. The van der Waals surface area contributed by atoms with Crippen molar-refractivity contribution in [1.82, 2.24) is 0 Å². The predicted molar refractivity (Wildman–Crippen MR) is 83.9 cm³/mol. The van der Waals surface area contributed by atoms with Gasteiger partial charge in [-0.1, -0.05) is 6.92 Å². The van der Waals surface area contributed by atoms with Gasteiger partial charge in [0.15, 0.2) is 11.5 Å². The molecule has 0 aliphatic rings. The van der Waals surface area contributed by atoms with E-state index in [-0.39, 0.29) is 16.9 Å². The molecule has 0 saturated carbocycles. The number of amides is 2. The van der Waals surface area contributed by atoms with Crippen molar-refractivity contribution in [2.75, 3.05) is 25.3 Å². The Hall–Kier alpha value is -1.89. The zero-order valence-corrected chi connectivity index (χ0v) is 13.2. The van der Waals surface area contributed by atoms with E-state index in [0.717, 1.165) is 0 Å². The molecule has 2 amide bonds. The van der Waals surface area contributed by atoms with Gasteiger partial charge >= 0.3 is 0 Å². The molecule has 1 atom stereocenters. The number of nitrogens with one attached hydrogen (secondary N) is 1. The molecule has 1 rings (SSSR count). The van der Waals surface area contributed by atoms with Gasteiger partial charge in [0.1, 0.15) is 0 Å². The molecule has 1 aromatic carbocycles. The van der Waals surface area contributed by atoms with Crippen LogP contribution in [-0.2, 0) is 9.59 Å². The van der Waals surface area contributed by atoms with Crippen LogP contribution in [0.3, 0.4) is 0 Å². The van der Waals surface area contributed by atoms with E-state index in [9.17, 15) is 9.59 Å². The quantitative estimate of drug-likeness (QED) is 0.761. The van der Waals surface area contributed by atoms with Crippen LogP contribution in [0.2, 0.25) is 0 Å². The molecule has 0 bridgehead atoms. The molecule has 0 aliphatic heterocycles. The maximum absolute atomic E-state index is 11.9. The smallest absolute Gasteiger partial charge is 0.234 e. The zero-order valence-electron chi connectivity index (χ0n) is 12.3. The van der Waals surface area contributed by atoms with Crippen molar-refractivity contribution in [3.05, 3.63) is 18.2 Å². The minimum atomic E-state index is -0.401. The van der Waals surface area contributed by atoms with E-state index in [1.165, 1.54) is 18.9 Å². The second-order valence-corrected chi connectivity index (χ2v) is 5.42. The van der Waals surface area contributed by atoms with Crippen LogP contribution in [0.15, 0.2) is 18.2 Å². The van der Waals surface area contributed by atoms with Crippen LogP contribution in [0.4, 0.5) is 5.69 Å². The number of thioether (sulfide) groups is 1. The zero-order chi connectivity index (χ0) is 15.8. The molecular formula is C14H20N2O4S. The van der Waals surface area contributed by atoms with Crippen LogP contribution in [0, 0.1) is 0 Å². The lowest BCUT2D eigenvalue weighted by molar-refractivity contribution is -0.117. The third-order valence-corrected chi connectivity index (χ3v) is 4.17. The monoisotopic (exact) mass is 312 g/mol. The first-order chi connectivity index (χ1) is 10.0. The standard InChI is InChI=1S/C14H20N2O4S/c1-4-12(14(15)18)21-8-13(17)16-9-5-6-10(19-2)11(7-9)20-3/h5-7,12H,4,8H2,1-3H3,(H2,15,18)(H,16,17). The molecule has 116 valence electrons. The summed E-state index contributed by atoms with van der Waals surface area (Å²) in [5.41, 5.74) is 5.84. The summed E-state index contributed by atoms with van der Waals surface area (Å²) < 4.78 is 10.3. The minimum absolute atomic E-state index is 0.162. The maximum atomic E-state index is 11.9. The summed E-state index contributed by atoms with van der Waals surface area (Å²) in [5, 5.41) is 2.39. The molecule has 1 aromatic rings.